The first-order chi connectivity index (χ1) is 13.3. The highest BCUT2D eigenvalue weighted by Gasteiger charge is 2.53. The first kappa shape index (κ1) is 19.2. The Bertz CT molecular complexity index is 637. The fourth-order valence-electron chi connectivity index (χ4n) is 6.14. The van der Waals surface area contributed by atoms with Gasteiger partial charge in [-0.2, -0.15) is 0 Å². The van der Waals surface area contributed by atoms with E-state index in [4.69, 9.17) is 4.74 Å². The van der Waals surface area contributed by atoms with E-state index >= 15 is 0 Å². The van der Waals surface area contributed by atoms with Crippen molar-refractivity contribution in [3.05, 3.63) is 35.4 Å². The number of hydrogen-bond acceptors (Lipinski definition) is 2. The molecule has 5 unspecified atom stereocenters. The second-order valence-electron chi connectivity index (χ2n) is 9.09. The van der Waals surface area contributed by atoms with Crippen molar-refractivity contribution in [2.45, 2.75) is 89.6 Å². The molecule has 2 saturated carbocycles. The summed E-state index contributed by atoms with van der Waals surface area (Å²) in [6.45, 7) is 3.13. The summed E-state index contributed by atoms with van der Waals surface area (Å²) in [7, 11) is 0. The number of rotatable bonds is 8. The average Bonchev–Trinajstić information content (AvgIpc) is 3.00. The molecule has 1 aromatic rings. The lowest BCUT2D eigenvalue weighted by atomic mass is 9.70. The minimum absolute atomic E-state index is 0.156. The summed E-state index contributed by atoms with van der Waals surface area (Å²) in [6.07, 6.45) is 14.0. The third-order valence-electron chi connectivity index (χ3n) is 7.45. The monoisotopic (exact) mass is 368 g/mol. The van der Waals surface area contributed by atoms with Crippen molar-refractivity contribution in [3.63, 3.8) is 0 Å². The Morgan fingerprint density at radius 3 is 2.52 bits per heavy atom. The zero-order valence-electron chi connectivity index (χ0n) is 17.0. The van der Waals surface area contributed by atoms with Crippen LogP contribution in [0.4, 0.5) is 0 Å². The highest BCUT2D eigenvalue weighted by Crippen LogP contribution is 2.57. The number of benzene rings is 1. The number of hydrogen-bond donors (Lipinski definition) is 0. The van der Waals surface area contributed by atoms with Crippen molar-refractivity contribution in [1.29, 1.82) is 0 Å². The Labute approximate surface area is 165 Å². The van der Waals surface area contributed by atoms with Gasteiger partial charge in [0.15, 0.2) is 0 Å². The standard InChI is InChI=1S/C25H36O2/c1-2-3-4-5-6-11-16-27-23-17-22-18-12-7-10-15-21(18)25(26)24(22)20-14-9-8-13-19(20)23/h8-9,13-14,18,21-24H,2-7,10-12,15-17H2,1H3. The molecule has 4 rings (SSSR count). The van der Waals surface area contributed by atoms with Gasteiger partial charge >= 0.3 is 0 Å². The van der Waals surface area contributed by atoms with E-state index in [2.05, 4.69) is 31.2 Å². The summed E-state index contributed by atoms with van der Waals surface area (Å²) in [5.74, 6) is 2.17. The Balaban J connectivity index is 1.43. The van der Waals surface area contributed by atoms with Crippen LogP contribution in [0.1, 0.15) is 101 Å². The lowest BCUT2D eigenvalue weighted by molar-refractivity contribution is -0.123. The van der Waals surface area contributed by atoms with E-state index in [0.717, 1.165) is 19.4 Å². The summed E-state index contributed by atoms with van der Waals surface area (Å²) in [5.41, 5.74) is 2.60. The van der Waals surface area contributed by atoms with Crippen LogP contribution in [0.15, 0.2) is 24.3 Å². The van der Waals surface area contributed by atoms with Crippen LogP contribution < -0.4 is 0 Å². The Morgan fingerprint density at radius 2 is 1.67 bits per heavy atom. The summed E-state index contributed by atoms with van der Waals surface area (Å²) >= 11 is 0. The fraction of sp³-hybridized carbons (Fsp3) is 0.720. The van der Waals surface area contributed by atoms with Gasteiger partial charge in [-0.15, -0.1) is 0 Å². The van der Waals surface area contributed by atoms with Crippen molar-refractivity contribution < 1.29 is 9.53 Å². The molecule has 27 heavy (non-hydrogen) atoms. The quantitative estimate of drug-likeness (QED) is 0.483. The van der Waals surface area contributed by atoms with Gasteiger partial charge < -0.3 is 4.74 Å². The average molecular weight is 369 g/mol. The number of ketones is 1. The van der Waals surface area contributed by atoms with Gasteiger partial charge in [-0.25, -0.2) is 0 Å². The molecule has 2 fully saturated rings. The summed E-state index contributed by atoms with van der Waals surface area (Å²) in [5, 5.41) is 0. The van der Waals surface area contributed by atoms with Gasteiger partial charge in [-0.3, -0.25) is 4.79 Å². The molecule has 0 radical (unpaired) electrons. The van der Waals surface area contributed by atoms with Crippen LogP contribution >= 0.6 is 0 Å². The Hall–Kier alpha value is -1.15. The Morgan fingerprint density at radius 1 is 0.926 bits per heavy atom. The molecule has 2 nitrogen and oxygen atoms in total. The largest absolute Gasteiger partial charge is 0.374 e. The molecule has 0 spiro atoms. The highest BCUT2D eigenvalue weighted by molar-refractivity contribution is 5.91. The van der Waals surface area contributed by atoms with Crippen molar-refractivity contribution in [2.75, 3.05) is 6.61 Å². The number of unbranched alkanes of at least 4 members (excludes halogenated alkanes) is 5. The number of Topliss-reactive ketones (excluding diaryl/α,β-unsaturated/α-hetero) is 1. The third kappa shape index (κ3) is 3.88. The topological polar surface area (TPSA) is 26.3 Å². The van der Waals surface area contributed by atoms with E-state index in [1.54, 1.807) is 0 Å². The van der Waals surface area contributed by atoms with E-state index < -0.39 is 0 Å². The molecule has 148 valence electrons. The molecule has 2 heteroatoms. The van der Waals surface area contributed by atoms with Crippen molar-refractivity contribution in [3.8, 4) is 0 Å². The van der Waals surface area contributed by atoms with E-state index in [-0.39, 0.29) is 12.0 Å². The van der Waals surface area contributed by atoms with E-state index in [1.807, 2.05) is 0 Å². The van der Waals surface area contributed by atoms with E-state index in [1.165, 1.54) is 68.9 Å². The highest BCUT2D eigenvalue weighted by atomic mass is 16.5. The number of carbonyl (C=O) groups is 1. The van der Waals surface area contributed by atoms with Gasteiger partial charge in [0, 0.05) is 18.4 Å². The van der Waals surface area contributed by atoms with Crippen LogP contribution in [0, 0.1) is 17.8 Å². The van der Waals surface area contributed by atoms with E-state index in [0.29, 0.717) is 23.5 Å². The molecular weight excluding hydrogens is 332 g/mol. The maximum atomic E-state index is 13.2. The maximum absolute atomic E-state index is 13.2. The maximum Gasteiger partial charge on any atom is 0.143 e. The molecule has 0 heterocycles. The first-order valence-corrected chi connectivity index (χ1v) is 11.6. The molecule has 0 bridgehead atoms. The zero-order valence-corrected chi connectivity index (χ0v) is 17.0. The summed E-state index contributed by atoms with van der Waals surface area (Å²) in [4.78, 5) is 13.2. The second kappa shape index (κ2) is 8.90. The minimum Gasteiger partial charge on any atom is -0.374 e. The predicted octanol–water partition coefficient (Wildman–Crippen LogP) is 6.60. The van der Waals surface area contributed by atoms with Gasteiger partial charge in [-0.1, -0.05) is 76.1 Å². The molecule has 0 saturated heterocycles. The van der Waals surface area contributed by atoms with Gasteiger partial charge in [0.25, 0.3) is 0 Å². The van der Waals surface area contributed by atoms with Crippen molar-refractivity contribution >= 4 is 5.78 Å². The molecule has 3 aliphatic rings. The van der Waals surface area contributed by atoms with Crippen LogP contribution in [0.25, 0.3) is 0 Å². The molecule has 0 amide bonds. The number of ether oxygens (including phenoxy) is 1. The SMILES string of the molecule is CCCCCCCCOC1CC2C(C(=O)C3CCCCC32)c2ccccc21. The molecule has 0 N–H and O–H groups in total. The molecule has 1 aromatic carbocycles. The van der Waals surface area contributed by atoms with Crippen molar-refractivity contribution in [1.82, 2.24) is 0 Å². The van der Waals surface area contributed by atoms with Crippen LogP contribution in [-0.4, -0.2) is 12.4 Å². The normalized spacial score (nSPS) is 32.0. The smallest absolute Gasteiger partial charge is 0.143 e. The fourth-order valence-corrected chi connectivity index (χ4v) is 6.14. The molecule has 5 atom stereocenters. The molecule has 3 aliphatic carbocycles. The first-order valence-electron chi connectivity index (χ1n) is 11.6. The van der Waals surface area contributed by atoms with Gasteiger partial charge in [0.1, 0.15) is 5.78 Å². The van der Waals surface area contributed by atoms with Crippen LogP contribution in [0.3, 0.4) is 0 Å². The van der Waals surface area contributed by atoms with Crippen LogP contribution in [-0.2, 0) is 9.53 Å². The lowest BCUT2D eigenvalue weighted by Gasteiger charge is -2.36. The molecular formula is C25H36O2. The van der Waals surface area contributed by atoms with Gasteiger partial charge in [0.05, 0.1) is 6.10 Å². The van der Waals surface area contributed by atoms with Gasteiger partial charge in [0.2, 0.25) is 0 Å². The number of carbonyl (C=O) groups excluding carboxylic acids is 1. The molecule has 0 aliphatic heterocycles. The van der Waals surface area contributed by atoms with Crippen molar-refractivity contribution in [2.24, 2.45) is 17.8 Å². The number of fused-ring (bicyclic) bond motifs is 5. The zero-order chi connectivity index (χ0) is 18.6. The Kier molecular flexibility index (Phi) is 6.32. The van der Waals surface area contributed by atoms with Crippen LogP contribution in [0.2, 0.25) is 0 Å². The minimum atomic E-state index is 0.156. The lowest BCUT2D eigenvalue weighted by Crippen LogP contribution is -2.27. The summed E-state index contributed by atoms with van der Waals surface area (Å²) in [6, 6.07) is 8.66. The van der Waals surface area contributed by atoms with E-state index in [9.17, 15) is 4.79 Å². The summed E-state index contributed by atoms with van der Waals surface area (Å²) < 4.78 is 6.43. The predicted molar refractivity (Wildman–Crippen MR) is 110 cm³/mol. The second-order valence-corrected chi connectivity index (χ2v) is 9.09. The van der Waals surface area contributed by atoms with Gasteiger partial charge in [-0.05, 0) is 48.6 Å². The molecule has 0 aromatic heterocycles. The third-order valence-corrected chi connectivity index (χ3v) is 7.45. The van der Waals surface area contributed by atoms with Crippen LogP contribution in [0.5, 0.6) is 0 Å².